The second kappa shape index (κ2) is 66.8. The lowest BCUT2D eigenvalue weighted by Crippen LogP contribution is -2.29. The minimum atomic E-state index is -3.62. The summed E-state index contributed by atoms with van der Waals surface area (Å²) >= 11 is 0. The van der Waals surface area contributed by atoms with E-state index in [4.69, 9.17) is 58.7 Å². The summed E-state index contributed by atoms with van der Waals surface area (Å²) in [6.45, 7) is 25.0. The van der Waals surface area contributed by atoms with Crippen molar-refractivity contribution in [3.8, 4) is 0 Å². The van der Waals surface area contributed by atoms with Gasteiger partial charge in [0.15, 0.2) is 0 Å². The Kier molecular flexibility index (Phi) is 68.5. The molecule has 12 rings (SSSR count). The molecule has 48 heteroatoms. The number of hydrogen-bond donors (Lipinski definition) is 0. The van der Waals surface area contributed by atoms with Crippen LogP contribution in [0.3, 0.4) is 0 Å². The standard InChI is InChI=1S/12C6H11N2.6FO2P/c12*1-6-7(2)4-5-8(6)3;6*1-4(2)3/h12*4-5H,1-3H3;;;;;;/q12*+1;6*-2. The maximum Gasteiger partial charge on any atom is 0.252 e. The van der Waals surface area contributed by atoms with Crippen molar-refractivity contribution in [2.24, 2.45) is 169 Å². The first-order chi connectivity index (χ1) is 55.0. The number of hydrogen-bond acceptors (Lipinski definition) is 12. The SMILES string of the molecule is Cc1n(C)cc[n+]1C.Cc1n(C)cc[n+]1C.Cc1n(C)cc[n+]1C.Cc1n(C)cc[n+]1C.Cc1n(C)cc[n+]1C.Cc1n(C)cc[n+]1C.Cc1n(C)cc[n+]1C.Cc1n(C)cc[n+]1C.Cc1n(C)cc[n+]1C.Cc1n(C)cc[n+]1C.Cc1n(C)cc[n+]1C.Cc1n(C)cc[n+]1C.[O-]P([O-])F.[O-]P([O-])F.[O-]P([O-])F.[O-]P([O-])F.[O-]P([O-])F.[O-]P([O-])F. The lowest BCUT2D eigenvalue weighted by atomic mass is 10.7. The molecule has 0 saturated heterocycles. The van der Waals surface area contributed by atoms with Gasteiger partial charge in [-0.05, 0) is 0 Å². The molecule has 0 amide bonds. The second-order valence-corrected chi connectivity index (χ2v) is 28.6. The molecule has 12 aromatic heterocycles. The Hall–Kier alpha value is -7.80. The van der Waals surface area contributed by atoms with Gasteiger partial charge in [-0.1, -0.05) is 0 Å². The predicted octanol–water partition coefficient (Wildman–Crippen LogP) is -4.68. The third kappa shape index (κ3) is 59.8. The molecule has 684 valence electrons. The van der Waals surface area contributed by atoms with Gasteiger partial charge in [0, 0.05) is 83.1 Å². The quantitative estimate of drug-likeness (QED) is 0.0786. The molecule has 0 saturated carbocycles. The van der Waals surface area contributed by atoms with Gasteiger partial charge in [0.1, 0.15) is 149 Å². The van der Waals surface area contributed by atoms with Crippen molar-refractivity contribution >= 4 is 52.1 Å². The molecule has 0 N–H and O–H groups in total. The van der Waals surface area contributed by atoms with Gasteiger partial charge in [-0.15, -0.1) is 52.1 Å². The predicted molar refractivity (Wildman–Crippen MR) is 424 cm³/mol. The topological polar surface area (TPSA) is 382 Å². The molecule has 0 aliphatic rings. The van der Waals surface area contributed by atoms with Crippen molar-refractivity contribution < 1.29 is 139 Å². The van der Waals surface area contributed by atoms with E-state index in [2.05, 4.69) is 193 Å². The fourth-order valence-electron chi connectivity index (χ4n) is 7.97. The zero-order valence-corrected chi connectivity index (χ0v) is 81.8. The molecule has 36 nitrogen and oxygen atoms in total. The number of halogens is 6. The van der Waals surface area contributed by atoms with Crippen molar-refractivity contribution in [2.75, 3.05) is 0 Å². The van der Waals surface area contributed by atoms with Crippen LogP contribution in [0.1, 0.15) is 69.9 Å². The summed E-state index contributed by atoms with van der Waals surface area (Å²) in [7, 11) is 27.2. The number of rotatable bonds is 0. The third-order valence-electron chi connectivity index (χ3n) is 18.4. The molecule has 0 fully saturated rings. The lowest BCUT2D eigenvalue weighted by Gasteiger charge is -2.14. The van der Waals surface area contributed by atoms with Crippen LogP contribution in [-0.2, 0) is 169 Å². The van der Waals surface area contributed by atoms with Crippen LogP contribution in [0.2, 0.25) is 0 Å². The molecule has 0 aliphatic carbocycles. The summed E-state index contributed by atoms with van der Waals surface area (Å²) in [5.74, 6) is 15.2. The number of aromatic nitrogens is 24. The molecule has 12 aromatic rings. The van der Waals surface area contributed by atoms with Gasteiger partial charge >= 0.3 is 0 Å². The van der Waals surface area contributed by atoms with E-state index in [1.165, 1.54) is 69.9 Å². The van der Waals surface area contributed by atoms with E-state index in [0.29, 0.717) is 0 Å². The smallest absolute Gasteiger partial charge is 0.252 e. The number of aryl methyl sites for hydroxylation is 24. The van der Waals surface area contributed by atoms with E-state index in [-0.39, 0.29) is 0 Å². The van der Waals surface area contributed by atoms with Crippen LogP contribution in [0.25, 0.3) is 0 Å². The molecule has 0 aromatic carbocycles. The lowest BCUT2D eigenvalue weighted by molar-refractivity contribution is -0.677. The number of imidazole rings is 12. The summed E-state index contributed by atoms with van der Waals surface area (Å²) in [5.41, 5.74) is 0. The van der Waals surface area contributed by atoms with E-state index < -0.39 is 52.1 Å². The first-order valence-electron chi connectivity index (χ1n) is 35.5. The van der Waals surface area contributed by atoms with Gasteiger partial charge in [0.05, 0.1) is 169 Å². The zero-order chi connectivity index (χ0) is 95.2. The van der Waals surface area contributed by atoms with E-state index in [1.807, 2.05) is 318 Å². The Morgan fingerprint density at radius 3 is 0.208 bits per heavy atom. The van der Waals surface area contributed by atoms with Crippen LogP contribution in [0.4, 0.5) is 25.2 Å². The zero-order valence-electron chi connectivity index (χ0n) is 76.4. The Morgan fingerprint density at radius 2 is 0.200 bits per heavy atom. The fourth-order valence-corrected chi connectivity index (χ4v) is 7.97. The number of nitrogens with zero attached hydrogens (tertiary/aromatic N) is 24. The van der Waals surface area contributed by atoms with Gasteiger partial charge in [-0.3, -0.25) is 25.2 Å². The summed E-state index contributed by atoms with van der Waals surface area (Å²) in [5, 5.41) is 0. The van der Waals surface area contributed by atoms with Crippen LogP contribution >= 0.6 is 52.1 Å². The monoisotopic (exact) mass is 1820 g/mol. The Morgan fingerprint density at radius 1 is 0.158 bits per heavy atom. The summed E-state index contributed by atoms with van der Waals surface area (Å²) in [6, 6.07) is 0. The summed E-state index contributed by atoms with van der Waals surface area (Å²) in [6.07, 6.45) is 48.9. The molecule has 120 heavy (non-hydrogen) atoms. The molecule has 0 radical (unpaired) electrons. The van der Waals surface area contributed by atoms with Crippen LogP contribution in [0, 0.1) is 83.1 Å². The van der Waals surface area contributed by atoms with Crippen LogP contribution in [-0.4, -0.2) is 54.8 Å². The van der Waals surface area contributed by atoms with Crippen LogP contribution in [0.15, 0.2) is 149 Å². The van der Waals surface area contributed by atoms with E-state index in [0.717, 1.165) is 0 Å². The first-order valence-corrected chi connectivity index (χ1v) is 41.9. The highest BCUT2D eigenvalue weighted by atomic mass is 31.2. The van der Waals surface area contributed by atoms with Crippen LogP contribution in [0.5, 0.6) is 0 Å². The normalized spacial score (nSPS) is 9.70. The molecule has 0 atom stereocenters. The largest absolute Gasteiger partial charge is 0.816 e. The fraction of sp³-hybridized carbons (Fsp3) is 0.500. The minimum Gasteiger partial charge on any atom is -0.816 e. The average molecular weight is 1830 g/mol. The highest BCUT2D eigenvalue weighted by molar-refractivity contribution is 7.36. The van der Waals surface area contributed by atoms with Crippen molar-refractivity contribution in [1.29, 1.82) is 0 Å². The van der Waals surface area contributed by atoms with Gasteiger partial charge in [-0.2, -0.15) is 0 Å². The van der Waals surface area contributed by atoms with E-state index in [1.54, 1.807) is 0 Å². The molecule has 12 heterocycles. The average Bonchev–Trinajstić information content (AvgIpc) is 1.90. The third-order valence-corrected chi connectivity index (χ3v) is 18.4. The van der Waals surface area contributed by atoms with Crippen molar-refractivity contribution in [3.05, 3.63) is 219 Å². The van der Waals surface area contributed by atoms with E-state index in [9.17, 15) is 25.2 Å². The van der Waals surface area contributed by atoms with Crippen LogP contribution < -0.4 is 114 Å². The summed E-state index contributed by atoms with van der Waals surface area (Å²) < 4.78 is 110. The van der Waals surface area contributed by atoms with E-state index >= 15 is 0 Å². The van der Waals surface area contributed by atoms with Gasteiger partial charge in [0.25, 0.3) is 69.9 Å². The highest BCUT2D eigenvalue weighted by Gasteiger charge is 2.09. The van der Waals surface area contributed by atoms with Crippen molar-refractivity contribution in [2.45, 2.75) is 83.1 Å². The summed E-state index contributed by atoms with van der Waals surface area (Å²) in [4.78, 5) is 100. The van der Waals surface area contributed by atoms with Gasteiger partial charge in [-0.25, -0.2) is 110 Å². The molecule has 0 spiro atoms. The first kappa shape index (κ1) is 123. The minimum absolute atomic E-state index is 1.27. The maximum atomic E-state index is 9.95. The molecule has 0 aliphatic heterocycles. The molecular formula is C72H132F6N24O12P6. The second-order valence-electron chi connectivity index (χ2n) is 26.1. The van der Waals surface area contributed by atoms with Gasteiger partial charge in [0.2, 0.25) is 0 Å². The Labute approximate surface area is 713 Å². The molecule has 0 bridgehead atoms. The highest BCUT2D eigenvalue weighted by Crippen LogP contribution is 2.10. The maximum absolute atomic E-state index is 9.95. The Bertz CT molecular complexity index is 3370. The molecule has 0 unspecified atom stereocenters. The van der Waals surface area contributed by atoms with Gasteiger partial charge < -0.3 is 58.7 Å². The van der Waals surface area contributed by atoms with Crippen molar-refractivity contribution in [1.82, 2.24) is 54.8 Å². The Balaban J connectivity index is -0.000000289. The molecular weight excluding hydrogens is 1690 g/mol. The van der Waals surface area contributed by atoms with Crippen molar-refractivity contribution in [3.63, 3.8) is 0 Å².